The summed E-state index contributed by atoms with van der Waals surface area (Å²) in [6.07, 6.45) is 13.4. The van der Waals surface area contributed by atoms with Gasteiger partial charge >= 0.3 is 0 Å². The lowest BCUT2D eigenvalue weighted by molar-refractivity contribution is -0.191. The van der Waals surface area contributed by atoms with Crippen LogP contribution in [0.3, 0.4) is 0 Å². The summed E-state index contributed by atoms with van der Waals surface area (Å²) in [5.41, 5.74) is 4.37. The summed E-state index contributed by atoms with van der Waals surface area (Å²) in [6.45, 7) is 3.18. The third kappa shape index (κ3) is 5.37. The van der Waals surface area contributed by atoms with Crippen molar-refractivity contribution in [2.24, 2.45) is 11.8 Å². The quantitative estimate of drug-likeness (QED) is 0.193. The normalized spacial score (nSPS) is 30.0. The molecule has 3 aromatic carbocycles. The minimum Gasteiger partial charge on any atom is -0.493 e. The van der Waals surface area contributed by atoms with Crippen molar-refractivity contribution in [3.05, 3.63) is 95.1 Å². The van der Waals surface area contributed by atoms with E-state index in [0.29, 0.717) is 5.92 Å². The maximum Gasteiger partial charge on any atom is 0.165 e. The Balaban J connectivity index is 1.01. The molecular formula is C41H52N2O3. The van der Waals surface area contributed by atoms with Crippen LogP contribution in [0.4, 0.5) is 0 Å². The van der Waals surface area contributed by atoms with Crippen LogP contribution in [0.2, 0.25) is 0 Å². The van der Waals surface area contributed by atoms with Gasteiger partial charge in [-0.2, -0.15) is 0 Å². The molecule has 1 saturated heterocycles. The fraction of sp³-hybridized carbons (Fsp3) is 0.561. The van der Waals surface area contributed by atoms with Crippen LogP contribution in [0.1, 0.15) is 80.0 Å². The highest BCUT2D eigenvalue weighted by Crippen LogP contribution is 2.65. The number of methoxy groups -OCH3 is 1. The van der Waals surface area contributed by atoms with E-state index in [1.54, 1.807) is 7.11 Å². The second-order valence-electron chi connectivity index (χ2n) is 15.1. The van der Waals surface area contributed by atoms with Gasteiger partial charge in [-0.25, -0.2) is 0 Å². The number of aliphatic hydroxyl groups is 1. The van der Waals surface area contributed by atoms with Crippen LogP contribution in [0.5, 0.6) is 11.5 Å². The van der Waals surface area contributed by atoms with Gasteiger partial charge in [0.15, 0.2) is 11.5 Å². The van der Waals surface area contributed by atoms with E-state index in [9.17, 15) is 5.11 Å². The van der Waals surface area contributed by atoms with E-state index in [2.05, 4.69) is 83.0 Å². The number of ether oxygens (including phenoxy) is 2. The number of unbranched alkanes of at least 4 members (excludes halogenated alkanes) is 1. The Morgan fingerprint density at radius 3 is 2.41 bits per heavy atom. The predicted octanol–water partition coefficient (Wildman–Crippen LogP) is 6.88. The molecule has 3 unspecified atom stereocenters. The van der Waals surface area contributed by atoms with E-state index < -0.39 is 5.60 Å². The third-order valence-corrected chi connectivity index (χ3v) is 12.5. The number of aryl methyl sites for hydroxylation is 2. The fourth-order valence-electron chi connectivity index (χ4n) is 9.93. The molecule has 0 aromatic heterocycles. The van der Waals surface area contributed by atoms with E-state index in [4.69, 9.17) is 9.47 Å². The molecule has 3 aliphatic carbocycles. The molecule has 8 rings (SSSR count). The van der Waals surface area contributed by atoms with Gasteiger partial charge in [0.25, 0.3) is 0 Å². The summed E-state index contributed by atoms with van der Waals surface area (Å²) in [5.74, 6) is 3.15. The molecule has 0 radical (unpaired) electrons. The largest absolute Gasteiger partial charge is 0.493 e. The van der Waals surface area contributed by atoms with Gasteiger partial charge in [0.2, 0.25) is 0 Å². The van der Waals surface area contributed by atoms with Gasteiger partial charge < -0.3 is 19.9 Å². The fourth-order valence-corrected chi connectivity index (χ4v) is 9.93. The molecule has 5 nitrogen and oxygen atoms in total. The summed E-state index contributed by atoms with van der Waals surface area (Å²) in [7, 11) is 1.75. The standard InChI is InChI=1S/C41H52N2O3/c1-45-35-21-20-33-26-36-41(44)23-22-34(39-40(41,37(33)38(35)46-39)24-25-43(36)28-32-18-19-32)42-27-31(17-16-30-12-6-3-7-13-30)15-9-8-14-29-10-4-2-5-11-29/h2-7,10-13,20-21,31-32,34,36,39,42,44H,8-9,14-19,22-28H2,1H3/t31?,34?,36-,39?,40+,41-/m1/s1. The van der Waals surface area contributed by atoms with Crippen molar-refractivity contribution in [1.82, 2.24) is 10.2 Å². The monoisotopic (exact) mass is 620 g/mol. The van der Waals surface area contributed by atoms with Crippen LogP contribution in [-0.4, -0.2) is 60.5 Å². The topological polar surface area (TPSA) is 54.0 Å². The highest BCUT2D eigenvalue weighted by molar-refractivity contribution is 5.63. The molecule has 6 atom stereocenters. The van der Waals surface area contributed by atoms with E-state index in [1.165, 1.54) is 60.8 Å². The van der Waals surface area contributed by atoms with Crippen LogP contribution < -0.4 is 14.8 Å². The van der Waals surface area contributed by atoms with Crippen LogP contribution in [0, 0.1) is 11.8 Å². The maximum atomic E-state index is 12.9. The average molecular weight is 621 g/mol. The molecule has 2 aliphatic heterocycles. The number of nitrogens with one attached hydrogen (secondary N) is 1. The Morgan fingerprint density at radius 2 is 1.67 bits per heavy atom. The molecule has 2 N–H and O–H groups in total. The van der Waals surface area contributed by atoms with Crippen LogP contribution >= 0.6 is 0 Å². The molecule has 2 bridgehead atoms. The molecular weight excluding hydrogens is 568 g/mol. The lowest BCUT2D eigenvalue weighted by atomic mass is 9.48. The van der Waals surface area contributed by atoms with Crippen LogP contribution in [-0.2, 0) is 24.7 Å². The summed E-state index contributed by atoms with van der Waals surface area (Å²) >= 11 is 0. The molecule has 5 heteroatoms. The van der Waals surface area contributed by atoms with Crippen LogP contribution in [0.15, 0.2) is 72.8 Å². The summed E-state index contributed by atoms with van der Waals surface area (Å²) in [6, 6.07) is 26.6. The number of piperidine rings is 1. The van der Waals surface area contributed by atoms with Crippen molar-refractivity contribution in [3.63, 3.8) is 0 Å². The SMILES string of the molecule is COc1ccc2c3c1OC1C(NCC(CCCCc4ccccc4)CCc4ccccc4)CC[C@@]4(O)[C@@H](C2)N(CC2CC2)CC[C@]314. The number of hydrogen-bond donors (Lipinski definition) is 2. The molecule has 3 fully saturated rings. The van der Waals surface area contributed by atoms with Gasteiger partial charge in [-0.3, -0.25) is 4.90 Å². The Bertz CT molecular complexity index is 1490. The minimum atomic E-state index is -0.766. The van der Waals surface area contributed by atoms with E-state index in [0.717, 1.165) is 75.6 Å². The zero-order valence-electron chi connectivity index (χ0n) is 27.6. The van der Waals surface area contributed by atoms with Gasteiger partial charge in [-0.15, -0.1) is 0 Å². The highest BCUT2D eigenvalue weighted by Gasteiger charge is 2.73. The first-order valence-corrected chi connectivity index (χ1v) is 18.2. The second kappa shape index (κ2) is 12.6. The minimum absolute atomic E-state index is 0.0740. The molecule has 244 valence electrons. The smallest absolute Gasteiger partial charge is 0.165 e. The first-order valence-electron chi connectivity index (χ1n) is 18.2. The van der Waals surface area contributed by atoms with Crippen molar-refractivity contribution in [2.45, 2.75) is 106 Å². The Kier molecular flexibility index (Phi) is 8.37. The zero-order valence-corrected chi connectivity index (χ0v) is 27.6. The number of likely N-dealkylation sites (tertiary alicyclic amines) is 1. The van der Waals surface area contributed by atoms with Gasteiger partial charge in [0.1, 0.15) is 6.10 Å². The lowest BCUT2D eigenvalue weighted by Gasteiger charge is -2.64. The Morgan fingerprint density at radius 1 is 0.913 bits per heavy atom. The molecule has 0 amide bonds. The lowest BCUT2D eigenvalue weighted by Crippen LogP contribution is -2.78. The van der Waals surface area contributed by atoms with Crippen molar-refractivity contribution >= 4 is 0 Å². The molecule has 5 aliphatic rings. The van der Waals surface area contributed by atoms with Gasteiger partial charge in [0, 0.05) is 24.2 Å². The molecule has 2 saturated carbocycles. The van der Waals surface area contributed by atoms with Crippen molar-refractivity contribution in [3.8, 4) is 11.5 Å². The first-order chi connectivity index (χ1) is 22.6. The van der Waals surface area contributed by atoms with E-state index >= 15 is 0 Å². The van der Waals surface area contributed by atoms with Crippen molar-refractivity contribution < 1.29 is 14.6 Å². The Hall–Kier alpha value is -2.86. The van der Waals surface area contributed by atoms with E-state index in [1.807, 2.05) is 0 Å². The highest BCUT2D eigenvalue weighted by atomic mass is 16.5. The zero-order chi connectivity index (χ0) is 31.1. The first kappa shape index (κ1) is 30.5. The van der Waals surface area contributed by atoms with Gasteiger partial charge in [-0.05, 0) is 118 Å². The third-order valence-electron chi connectivity index (χ3n) is 12.5. The number of rotatable bonds is 14. The maximum absolute atomic E-state index is 12.9. The number of nitrogens with zero attached hydrogens (tertiary/aromatic N) is 1. The van der Waals surface area contributed by atoms with E-state index in [-0.39, 0.29) is 23.6 Å². The molecule has 46 heavy (non-hydrogen) atoms. The average Bonchev–Trinajstić information content (AvgIpc) is 3.84. The van der Waals surface area contributed by atoms with Crippen LogP contribution in [0.25, 0.3) is 0 Å². The summed E-state index contributed by atoms with van der Waals surface area (Å²) in [4.78, 5) is 2.66. The summed E-state index contributed by atoms with van der Waals surface area (Å²) in [5, 5.41) is 17.0. The molecule has 2 heterocycles. The summed E-state index contributed by atoms with van der Waals surface area (Å²) < 4.78 is 12.9. The van der Waals surface area contributed by atoms with Crippen molar-refractivity contribution in [2.75, 3.05) is 26.7 Å². The number of benzene rings is 3. The number of hydrogen-bond acceptors (Lipinski definition) is 5. The van der Waals surface area contributed by atoms with Gasteiger partial charge in [-0.1, -0.05) is 73.2 Å². The Labute approximate surface area is 275 Å². The predicted molar refractivity (Wildman–Crippen MR) is 184 cm³/mol. The van der Waals surface area contributed by atoms with Crippen molar-refractivity contribution in [1.29, 1.82) is 0 Å². The molecule has 3 aromatic rings. The molecule has 1 spiro atoms. The van der Waals surface area contributed by atoms with Gasteiger partial charge in [0.05, 0.1) is 18.1 Å². The second-order valence-corrected chi connectivity index (χ2v) is 15.1.